The number of amidine groups is 1. The molecular formula is C10H23N6+. The van der Waals surface area contributed by atoms with Gasteiger partial charge in [-0.1, -0.05) is 13.8 Å². The SMILES string of the molecule is CC(C)NCCCNC1C(=[NH2+])C(N)=NN1C. The van der Waals surface area contributed by atoms with E-state index in [0.29, 0.717) is 17.6 Å². The molecule has 16 heavy (non-hydrogen) atoms. The Hall–Kier alpha value is -1.14. The van der Waals surface area contributed by atoms with Crippen molar-refractivity contribution >= 4 is 11.5 Å². The van der Waals surface area contributed by atoms with E-state index in [2.05, 4.69) is 29.6 Å². The van der Waals surface area contributed by atoms with Crippen molar-refractivity contribution in [3.8, 4) is 0 Å². The van der Waals surface area contributed by atoms with Crippen LogP contribution in [-0.2, 0) is 0 Å². The molecule has 6 nitrogen and oxygen atoms in total. The van der Waals surface area contributed by atoms with E-state index in [9.17, 15) is 0 Å². The lowest BCUT2D eigenvalue weighted by atomic mass is 10.2. The molecule has 0 radical (unpaired) electrons. The van der Waals surface area contributed by atoms with Crippen molar-refractivity contribution < 1.29 is 5.41 Å². The van der Waals surface area contributed by atoms with Crippen LogP contribution in [0.15, 0.2) is 5.10 Å². The average molecular weight is 227 g/mol. The minimum Gasteiger partial charge on any atom is -0.377 e. The number of hydrogen-bond donors (Lipinski definition) is 4. The highest BCUT2D eigenvalue weighted by Crippen LogP contribution is 2.02. The number of nitrogens with two attached hydrogens (primary N) is 2. The van der Waals surface area contributed by atoms with Gasteiger partial charge in [0.25, 0.3) is 5.71 Å². The van der Waals surface area contributed by atoms with Crippen LogP contribution in [0.4, 0.5) is 0 Å². The molecular weight excluding hydrogens is 204 g/mol. The maximum absolute atomic E-state index is 5.82. The maximum atomic E-state index is 5.82. The van der Waals surface area contributed by atoms with Crippen LogP contribution in [0, 0.1) is 0 Å². The molecule has 0 saturated carbocycles. The van der Waals surface area contributed by atoms with Gasteiger partial charge < -0.3 is 11.1 Å². The van der Waals surface area contributed by atoms with E-state index < -0.39 is 0 Å². The second kappa shape index (κ2) is 5.81. The fraction of sp³-hybridized carbons (Fsp3) is 0.800. The molecule has 1 rings (SSSR count). The summed E-state index contributed by atoms with van der Waals surface area (Å²) >= 11 is 0. The van der Waals surface area contributed by atoms with Gasteiger partial charge in [0.05, 0.1) is 0 Å². The number of hydrazone groups is 1. The van der Waals surface area contributed by atoms with Crippen molar-refractivity contribution in [2.75, 3.05) is 20.1 Å². The number of nitrogens with one attached hydrogen (secondary N) is 2. The maximum Gasteiger partial charge on any atom is 0.256 e. The van der Waals surface area contributed by atoms with E-state index in [1.54, 1.807) is 5.01 Å². The van der Waals surface area contributed by atoms with Crippen molar-refractivity contribution in [3.63, 3.8) is 0 Å². The van der Waals surface area contributed by atoms with Gasteiger partial charge in [0, 0.05) is 13.1 Å². The molecule has 0 fully saturated rings. The average Bonchev–Trinajstić information content (AvgIpc) is 2.43. The molecule has 0 aromatic heterocycles. The van der Waals surface area contributed by atoms with Gasteiger partial charge in [-0.3, -0.25) is 15.7 Å². The minimum atomic E-state index is -0.0564. The zero-order valence-corrected chi connectivity index (χ0v) is 10.3. The Morgan fingerprint density at radius 1 is 1.50 bits per heavy atom. The highest BCUT2D eigenvalue weighted by atomic mass is 15.5. The molecule has 0 aromatic rings. The van der Waals surface area contributed by atoms with E-state index in [4.69, 9.17) is 11.1 Å². The second-order valence-electron chi connectivity index (χ2n) is 4.33. The monoisotopic (exact) mass is 227 g/mol. The van der Waals surface area contributed by atoms with Gasteiger partial charge in [0.2, 0.25) is 5.84 Å². The Kier molecular flexibility index (Phi) is 4.70. The molecule has 1 heterocycles. The lowest BCUT2D eigenvalue weighted by molar-refractivity contribution is -0.116. The smallest absolute Gasteiger partial charge is 0.256 e. The summed E-state index contributed by atoms with van der Waals surface area (Å²) in [6, 6.07) is 0.532. The molecule has 0 spiro atoms. The van der Waals surface area contributed by atoms with Crippen LogP contribution in [0.3, 0.4) is 0 Å². The molecule has 0 amide bonds. The number of nitrogens with zero attached hydrogens (tertiary/aromatic N) is 2. The Bertz CT molecular complexity index is 272. The second-order valence-corrected chi connectivity index (χ2v) is 4.33. The Morgan fingerprint density at radius 2 is 2.19 bits per heavy atom. The lowest BCUT2D eigenvalue weighted by Crippen LogP contribution is -2.58. The first-order valence-electron chi connectivity index (χ1n) is 5.68. The highest BCUT2D eigenvalue weighted by molar-refractivity contribution is 6.41. The summed E-state index contributed by atoms with van der Waals surface area (Å²) in [7, 11) is 1.86. The predicted octanol–water partition coefficient (Wildman–Crippen LogP) is -2.29. The van der Waals surface area contributed by atoms with Crippen molar-refractivity contribution in [2.24, 2.45) is 10.8 Å². The summed E-state index contributed by atoms with van der Waals surface area (Å²) in [5, 5.41) is 18.3. The van der Waals surface area contributed by atoms with Gasteiger partial charge in [-0.05, 0) is 19.5 Å². The van der Waals surface area contributed by atoms with Crippen LogP contribution in [0.2, 0.25) is 0 Å². The standard InChI is InChI=1S/C10H22N6/c1-7(2)13-5-4-6-14-10-8(11)9(12)15-16(10)3/h7,10-11,13-14H,4-6H2,1-3H3,(H2,12,15)/p+1. The van der Waals surface area contributed by atoms with Gasteiger partial charge in [0.15, 0.2) is 6.17 Å². The third kappa shape index (κ3) is 3.46. The van der Waals surface area contributed by atoms with Crippen LogP contribution in [0.1, 0.15) is 20.3 Å². The third-order valence-corrected chi connectivity index (χ3v) is 2.47. The molecule has 1 atom stereocenters. The highest BCUT2D eigenvalue weighted by Gasteiger charge is 2.32. The Labute approximate surface area is 96.8 Å². The van der Waals surface area contributed by atoms with Gasteiger partial charge in [-0.25, -0.2) is 0 Å². The molecule has 0 aromatic carbocycles. The summed E-state index contributed by atoms with van der Waals surface area (Å²) in [5.41, 5.74) is 6.23. The zero-order chi connectivity index (χ0) is 12.1. The van der Waals surface area contributed by atoms with Gasteiger partial charge in [-0.2, -0.15) is 5.10 Å². The number of rotatable bonds is 6. The molecule has 1 unspecified atom stereocenters. The fourth-order valence-electron chi connectivity index (χ4n) is 1.59. The van der Waals surface area contributed by atoms with Crippen molar-refractivity contribution in [3.05, 3.63) is 0 Å². The zero-order valence-electron chi connectivity index (χ0n) is 10.3. The Balaban J connectivity index is 2.17. The number of hydrogen-bond acceptors (Lipinski definition) is 5. The normalized spacial score (nSPS) is 20.8. The molecule has 6 N–H and O–H groups in total. The predicted molar refractivity (Wildman–Crippen MR) is 65.9 cm³/mol. The van der Waals surface area contributed by atoms with Crippen LogP contribution in [0.25, 0.3) is 0 Å². The third-order valence-electron chi connectivity index (χ3n) is 2.47. The first-order valence-corrected chi connectivity index (χ1v) is 5.68. The fourth-order valence-corrected chi connectivity index (χ4v) is 1.59. The summed E-state index contributed by atoms with van der Waals surface area (Å²) in [4.78, 5) is 0. The van der Waals surface area contributed by atoms with Crippen molar-refractivity contribution in [1.82, 2.24) is 15.6 Å². The van der Waals surface area contributed by atoms with Crippen LogP contribution in [-0.4, -0.2) is 48.9 Å². The molecule has 0 bridgehead atoms. The lowest BCUT2D eigenvalue weighted by Gasteiger charge is -2.17. The van der Waals surface area contributed by atoms with Crippen LogP contribution in [0.5, 0.6) is 0 Å². The van der Waals surface area contributed by atoms with E-state index in [0.717, 1.165) is 19.5 Å². The summed E-state index contributed by atoms with van der Waals surface area (Å²) in [5.74, 6) is 0.417. The summed E-state index contributed by atoms with van der Waals surface area (Å²) in [6.45, 7) is 6.16. The molecule has 1 aliphatic heterocycles. The molecule has 1 aliphatic rings. The molecule has 0 saturated heterocycles. The van der Waals surface area contributed by atoms with Gasteiger partial charge >= 0.3 is 0 Å². The summed E-state index contributed by atoms with van der Waals surface area (Å²) in [6.07, 6.45) is 0.995. The van der Waals surface area contributed by atoms with Gasteiger partial charge in [0.1, 0.15) is 0 Å². The minimum absolute atomic E-state index is 0.0564. The molecule has 6 heteroatoms. The first kappa shape index (κ1) is 12.9. The van der Waals surface area contributed by atoms with Crippen LogP contribution < -0.4 is 21.8 Å². The first-order chi connectivity index (χ1) is 7.52. The van der Waals surface area contributed by atoms with Crippen molar-refractivity contribution in [1.29, 1.82) is 0 Å². The largest absolute Gasteiger partial charge is 0.377 e. The topological polar surface area (TPSA) is 91.3 Å². The van der Waals surface area contributed by atoms with E-state index in [1.165, 1.54) is 0 Å². The molecule has 0 aliphatic carbocycles. The Morgan fingerprint density at radius 3 is 2.69 bits per heavy atom. The van der Waals surface area contributed by atoms with Gasteiger partial charge in [-0.15, -0.1) is 0 Å². The van der Waals surface area contributed by atoms with Crippen molar-refractivity contribution in [2.45, 2.75) is 32.5 Å². The quantitative estimate of drug-likeness (QED) is 0.384. The molecule has 92 valence electrons. The summed E-state index contributed by atoms with van der Waals surface area (Å²) < 4.78 is 0. The van der Waals surface area contributed by atoms with E-state index in [-0.39, 0.29) is 6.17 Å². The van der Waals surface area contributed by atoms with E-state index in [1.807, 2.05) is 7.05 Å². The van der Waals surface area contributed by atoms with E-state index >= 15 is 0 Å². The van der Waals surface area contributed by atoms with Crippen LogP contribution >= 0.6 is 0 Å².